The Bertz CT molecular complexity index is 271. The summed E-state index contributed by atoms with van der Waals surface area (Å²) >= 11 is 0. The van der Waals surface area contributed by atoms with Crippen LogP contribution in [-0.2, 0) is 9.59 Å². The lowest BCUT2D eigenvalue weighted by atomic mass is 9.95. The average Bonchev–Trinajstić information content (AvgIpc) is 2.29. The van der Waals surface area contributed by atoms with Gasteiger partial charge in [-0.15, -0.1) is 0 Å². The van der Waals surface area contributed by atoms with Crippen LogP contribution in [0.5, 0.6) is 0 Å². The maximum atomic E-state index is 12.1. The summed E-state index contributed by atoms with van der Waals surface area (Å²) in [6.45, 7) is 3.82. The maximum Gasteiger partial charge on any atom is 0.243 e. The van der Waals surface area contributed by atoms with Crippen molar-refractivity contribution in [1.82, 2.24) is 10.2 Å². The fraction of sp³-hybridized carbons (Fsp3) is 0.818. The van der Waals surface area contributed by atoms with Gasteiger partial charge in [0, 0.05) is 6.54 Å². The van der Waals surface area contributed by atoms with E-state index >= 15 is 0 Å². The van der Waals surface area contributed by atoms with Crippen LogP contribution in [0.15, 0.2) is 0 Å². The van der Waals surface area contributed by atoms with Crippen LogP contribution < -0.4 is 5.32 Å². The number of nitrogens with one attached hydrogen (secondary N) is 1. The van der Waals surface area contributed by atoms with E-state index in [0.29, 0.717) is 13.0 Å². The van der Waals surface area contributed by atoms with Gasteiger partial charge in [0.1, 0.15) is 6.04 Å². The van der Waals surface area contributed by atoms with Gasteiger partial charge in [-0.05, 0) is 12.3 Å². The average molecular weight is 230 g/mol. The van der Waals surface area contributed by atoms with E-state index < -0.39 is 12.7 Å². The Hall–Kier alpha value is -1.13. The number of hydrogen-bond donors (Lipinski definition) is 1. The fourth-order valence-electron chi connectivity index (χ4n) is 1.95. The van der Waals surface area contributed by atoms with Gasteiger partial charge in [0.05, 0.1) is 13.2 Å². The van der Waals surface area contributed by atoms with Crippen molar-refractivity contribution in [2.75, 3.05) is 19.8 Å². The highest BCUT2D eigenvalue weighted by molar-refractivity contribution is 5.94. The van der Waals surface area contributed by atoms with E-state index in [1.54, 1.807) is 0 Å². The molecule has 2 amide bonds. The summed E-state index contributed by atoms with van der Waals surface area (Å²) in [7, 11) is 0. The molecule has 92 valence electrons. The van der Waals surface area contributed by atoms with Crippen molar-refractivity contribution in [3.63, 3.8) is 0 Å². The van der Waals surface area contributed by atoms with E-state index in [0.717, 1.165) is 6.42 Å². The first-order chi connectivity index (χ1) is 7.61. The zero-order chi connectivity index (χ0) is 12.1. The lowest BCUT2D eigenvalue weighted by Gasteiger charge is -2.37. The first-order valence-electron chi connectivity index (χ1n) is 5.75. The molecular weight excluding hydrogens is 211 g/mol. The Morgan fingerprint density at radius 1 is 1.56 bits per heavy atom. The molecule has 2 unspecified atom stereocenters. The standard InChI is InChI=1S/C11H19FN2O2/c1-3-8(2)10-11(16)13-7-9(15)14(10)6-4-5-12/h8,10H,3-7H2,1-2H3,(H,13,16). The topological polar surface area (TPSA) is 49.4 Å². The largest absolute Gasteiger partial charge is 0.345 e. The molecule has 0 aromatic heterocycles. The number of nitrogens with zero attached hydrogens (tertiary/aromatic N) is 1. The molecule has 1 fully saturated rings. The molecule has 1 saturated heterocycles. The van der Waals surface area contributed by atoms with Crippen molar-refractivity contribution < 1.29 is 14.0 Å². The monoisotopic (exact) mass is 230 g/mol. The van der Waals surface area contributed by atoms with Crippen molar-refractivity contribution in [3.05, 3.63) is 0 Å². The van der Waals surface area contributed by atoms with Crippen LogP contribution in [0, 0.1) is 5.92 Å². The van der Waals surface area contributed by atoms with E-state index in [4.69, 9.17) is 0 Å². The SMILES string of the molecule is CCC(C)C1C(=O)NCC(=O)N1CCCF. The molecule has 0 aromatic carbocycles. The number of rotatable bonds is 5. The van der Waals surface area contributed by atoms with Crippen molar-refractivity contribution in [3.8, 4) is 0 Å². The molecule has 4 nitrogen and oxygen atoms in total. The first kappa shape index (κ1) is 12.9. The Morgan fingerprint density at radius 3 is 2.81 bits per heavy atom. The lowest BCUT2D eigenvalue weighted by molar-refractivity contribution is -0.147. The molecule has 16 heavy (non-hydrogen) atoms. The molecule has 1 aliphatic heterocycles. The minimum Gasteiger partial charge on any atom is -0.345 e. The van der Waals surface area contributed by atoms with E-state index in [2.05, 4.69) is 5.32 Å². The van der Waals surface area contributed by atoms with Crippen molar-refractivity contribution >= 4 is 11.8 Å². The second kappa shape index (κ2) is 5.82. The minimum absolute atomic E-state index is 0.0397. The highest BCUT2D eigenvalue weighted by Crippen LogP contribution is 2.18. The Morgan fingerprint density at radius 2 is 2.25 bits per heavy atom. The van der Waals surface area contributed by atoms with Crippen LogP contribution in [0.25, 0.3) is 0 Å². The number of alkyl halides is 1. The van der Waals surface area contributed by atoms with Crippen molar-refractivity contribution in [2.45, 2.75) is 32.7 Å². The number of carbonyl (C=O) groups is 2. The second-order valence-electron chi connectivity index (χ2n) is 4.18. The van der Waals surface area contributed by atoms with Crippen molar-refractivity contribution in [2.24, 2.45) is 5.92 Å². The number of hydrogen-bond acceptors (Lipinski definition) is 2. The zero-order valence-corrected chi connectivity index (χ0v) is 9.83. The molecule has 0 saturated carbocycles. The Kier molecular flexibility index (Phi) is 4.71. The predicted octanol–water partition coefficient (Wildman–Crippen LogP) is 0.719. The quantitative estimate of drug-likeness (QED) is 0.756. The highest BCUT2D eigenvalue weighted by Gasteiger charge is 2.36. The van der Waals surface area contributed by atoms with Gasteiger partial charge in [0.2, 0.25) is 11.8 Å². The second-order valence-corrected chi connectivity index (χ2v) is 4.18. The predicted molar refractivity (Wildman–Crippen MR) is 58.6 cm³/mol. The van der Waals surface area contributed by atoms with Gasteiger partial charge in [-0.1, -0.05) is 20.3 Å². The summed E-state index contributed by atoms with van der Waals surface area (Å²) in [6, 6.07) is -0.433. The molecule has 1 aliphatic rings. The van der Waals surface area contributed by atoms with Crippen LogP contribution in [0.1, 0.15) is 26.7 Å². The van der Waals surface area contributed by atoms with Crippen molar-refractivity contribution in [1.29, 1.82) is 0 Å². The first-order valence-corrected chi connectivity index (χ1v) is 5.75. The molecular formula is C11H19FN2O2. The van der Waals surface area contributed by atoms with Gasteiger partial charge in [0.15, 0.2) is 0 Å². The minimum atomic E-state index is -0.460. The van der Waals surface area contributed by atoms with Gasteiger partial charge in [-0.3, -0.25) is 14.0 Å². The summed E-state index contributed by atoms with van der Waals surface area (Å²) < 4.78 is 12.1. The molecule has 1 heterocycles. The van der Waals surface area contributed by atoms with Gasteiger partial charge >= 0.3 is 0 Å². The lowest BCUT2D eigenvalue weighted by Crippen LogP contribution is -2.60. The van der Waals surface area contributed by atoms with E-state index in [-0.39, 0.29) is 24.3 Å². The molecule has 1 rings (SSSR count). The molecule has 0 bridgehead atoms. The smallest absolute Gasteiger partial charge is 0.243 e. The highest BCUT2D eigenvalue weighted by atomic mass is 19.1. The molecule has 2 atom stereocenters. The van der Waals surface area contributed by atoms with Crippen LogP contribution >= 0.6 is 0 Å². The number of amides is 2. The maximum absolute atomic E-state index is 12.1. The Balaban J connectivity index is 2.77. The van der Waals surface area contributed by atoms with Crippen LogP contribution in [0.4, 0.5) is 4.39 Å². The van der Waals surface area contributed by atoms with Crippen LogP contribution in [-0.4, -0.2) is 42.5 Å². The molecule has 0 radical (unpaired) electrons. The summed E-state index contributed by atoms with van der Waals surface area (Å²) in [5.41, 5.74) is 0. The fourth-order valence-corrected chi connectivity index (χ4v) is 1.95. The summed E-state index contributed by atoms with van der Waals surface area (Å²) in [5.74, 6) is -0.130. The third-order valence-corrected chi connectivity index (χ3v) is 3.05. The normalized spacial score (nSPS) is 23.2. The number of carbonyl (C=O) groups excluding carboxylic acids is 2. The van der Waals surface area contributed by atoms with Gasteiger partial charge in [0.25, 0.3) is 0 Å². The zero-order valence-electron chi connectivity index (χ0n) is 9.83. The molecule has 0 aromatic rings. The summed E-state index contributed by atoms with van der Waals surface area (Å²) in [4.78, 5) is 24.9. The van der Waals surface area contributed by atoms with Gasteiger partial charge in [-0.25, -0.2) is 0 Å². The van der Waals surface area contributed by atoms with E-state index in [1.807, 2.05) is 13.8 Å². The molecule has 0 aliphatic carbocycles. The van der Waals surface area contributed by atoms with Gasteiger partial charge in [-0.2, -0.15) is 0 Å². The third-order valence-electron chi connectivity index (χ3n) is 3.05. The van der Waals surface area contributed by atoms with Crippen LogP contribution in [0.3, 0.4) is 0 Å². The Labute approximate surface area is 95.2 Å². The summed E-state index contributed by atoms with van der Waals surface area (Å²) in [5, 5.41) is 2.58. The molecule has 5 heteroatoms. The summed E-state index contributed by atoms with van der Waals surface area (Å²) in [6.07, 6.45) is 1.11. The number of piperazine rings is 1. The van der Waals surface area contributed by atoms with Crippen LogP contribution in [0.2, 0.25) is 0 Å². The third kappa shape index (κ3) is 2.71. The number of halogens is 1. The van der Waals surface area contributed by atoms with E-state index in [1.165, 1.54) is 4.90 Å². The van der Waals surface area contributed by atoms with Gasteiger partial charge < -0.3 is 10.2 Å². The molecule has 1 N–H and O–H groups in total. The van der Waals surface area contributed by atoms with E-state index in [9.17, 15) is 14.0 Å². The molecule has 0 spiro atoms.